The van der Waals surface area contributed by atoms with Crippen LogP contribution in [0.2, 0.25) is 5.02 Å². The lowest BCUT2D eigenvalue weighted by molar-refractivity contribution is -0.108. The smallest absolute Gasteiger partial charge is 0.182 e. The van der Waals surface area contributed by atoms with E-state index in [9.17, 15) is 4.79 Å². The van der Waals surface area contributed by atoms with Crippen LogP contribution < -0.4 is 5.32 Å². The highest BCUT2D eigenvalue weighted by molar-refractivity contribution is 7.16. The second-order valence-corrected chi connectivity index (χ2v) is 6.89. The highest BCUT2D eigenvalue weighted by atomic mass is 35.5. The number of hydrogen-bond acceptors (Lipinski definition) is 8. The SMILES string of the molecule is CNc1nc(-c2sc(CO)nc2C)cs1.O=CCn1cc(Cl)cn1. The summed E-state index contributed by atoms with van der Waals surface area (Å²) in [6.07, 6.45) is 3.85. The fraction of sp³-hybridized carbons (Fsp3) is 0.286. The third kappa shape index (κ3) is 4.84. The number of rotatable bonds is 5. The first kappa shape index (κ1) is 18.5. The summed E-state index contributed by atoms with van der Waals surface area (Å²) >= 11 is 8.55. The Morgan fingerprint density at radius 2 is 2.25 bits per heavy atom. The quantitative estimate of drug-likeness (QED) is 0.656. The summed E-state index contributed by atoms with van der Waals surface area (Å²) in [7, 11) is 1.85. The molecule has 7 nitrogen and oxygen atoms in total. The van der Waals surface area contributed by atoms with Gasteiger partial charge >= 0.3 is 0 Å². The molecule has 0 aliphatic carbocycles. The maximum Gasteiger partial charge on any atom is 0.182 e. The zero-order valence-corrected chi connectivity index (χ0v) is 15.5. The number of anilines is 1. The van der Waals surface area contributed by atoms with Crippen molar-refractivity contribution in [1.82, 2.24) is 19.7 Å². The first-order valence-corrected chi connectivity index (χ1v) is 8.97. The van der Waals surface area contributed by atoms with Gasteiger partial charge in [0, 0.05) is 18.6 Å². The lowest BCUT2D eigenvalue weighted by atomic mass is 10.3. The zero-order chi connectivity index (χ0) is 17.5. The van der Waals surface area contributed by atoms with Crippen LogP contribution in [0.4, 0.5) is 5.13 Å². The minimum Gasteiger partial charge on any atom is -0.389 e. The molecule has 0 unspecified atom stereocenters. The molecule has 2 N–H and O–H groups in total. The van der Waals surface area contributed by atoms with E-state index in [-0.39, 0.29) is 13.2 Å². The molecule has 0 atom stereocenters. The number of aromatic nitrogens is 4. The van der Waals surface area contributed by atoms with Crippen LogP contribution in [0.25, 0.3) is 10.6 Å². The van der Waals surface area contributed by atoms with Crippen molar-refractivity contribution in [3.63, 3.8) is 0 Å². The Kier molecular flexibility index (Phi) is 6.85. The van der Waals surface area contributed by atoms with E-state index < -0.39 is 0 Å². The van der Waals surface area contributed by atoms with Crippen LogP contribution in [-0.2, 0) is 17.9 Å². The normalized spacial score (nSPS) is 10.2. The average Bonchev–Trinajstić information content (AvgIpc) is 3.28. The van der Waals surface area contributed by atoms with Crippen LogP contribution in [-0.4, -0.2) is 38.2 Å². The largest absolute Gasteiger partial charge is 0.389 e. The van der Waals surface area contributed by atoms with Gasteiger partial charge in [0.1, 0.15) is 11.3 Å². The molecule has 24 heavy (non-hydrogen) atoms. The summed E-state index contributed by atoms with van der Waals surface area (Å²) < 4.78 is 1.47. The molecule has 0 bridgehead atoms. The molecular formula is C14H16ClN5O2S2. The fourth-order valence-corrected chi connectivity index (χ4v) is 3.54. The number of carbonyl (C=O) groups excluding carboxylic acids is 1. The van der Waals surface area contributed by atoms with Crippen LogP contribution in [0, 0.1) is 6.92 Å². The molecule has 0 spiro atoms. The Balaban J connectivity index is 0.000000198. The molecule has 0 aliphatic heterocycles. The third-order valence-corrected chi connectivity index (χ3v) is 5.01. The van der Waals surface area contributed by atoms with E-state index in [1.165, 1.54) is 22.2 Å². The Morgan fingerprint density at radius 1 is 1.46 bits per heavy atom. The number of carbonyl (C=O) groups is 1. The molecule has 0 radical (unpaired) electrons. The Morgan fingerprint density at radius 3 is 2.75 bits per heavy atom. The Bertz CT molecular complexity index is 799. The van der Waals surface area contributed by atoms with E-state index in [1.807, 2.05) is 19.4 Å². The van der Waals surface area contributed by atoms with E-state index in [1.54, 1.807) is 17.5 Å². The Labute approximate surface area is 152 Å². The van der Waals surface area contributed by atoms with Crippen LogP contribution in [0.5, 0.6) is 0 Å². The highest BCUT2D eigenvalue weighted by Crippen LogP contribution is 2.32. The standard InChI is InChI=1S/C9H11N3OS2.C5H5ClN2O/c1-5-8(15-7(3-13)11-5)6-4-14-9(10-2)12-6;6-5-3-7-8(4-5)1-2-9/h4,13H,3H2,1-2H3,(H,10,12);2-4H,1H2. The number of hydrogen-bond donors (Lipinski definition) is 2. The van der Waals surface area contributed by atoms with Crippen molar-refractivity contribution >= 4 is 45.7 Å². The summed E-state index contributed by atoms with van der Waals surface area (Å²) in [6, 6.07) is 0. The maximum atomic E-state index is 9.88. The molecule has 0 saturated heterocycles. The van der Waals surface area contributed by atoms with Crippen molar-refractivity contribution < 1.29 is 9.90 Å². The van der Waals surface area contributed by atoms with Crippen molar-refractivity contribution in [2.24, 2.45) is 0 Å². The van der Waals surface area contributed by atoms with Crippen molar-refractivity contribution in [2.45, 2.75) is 20.1 Å². The molecule has 3 aromatic heterocycles. The molecule has 0 aliphatic rings. The molecule has 128 valence electrons. The molecule has 3 heterocycles. The van der Waals surface area contributed by atoms with E-state index >= 15 is 0 Å². The van der Waals surface area contributed by atoms with Gasteiger partial charge in [0.05, 0.1) is 40.6 Å². The van der Waals surface area contributed by atoms with Crippen molar-refractivity contribution in [1.29, 1.82) is 0 Å². The molecule has 0 amide bonds. The zero-order valence-electron chi connectivity index (χ0n) is 13.1. The second-order valence-electron chi connectivity index (χ2n) is 4.52. The number of halogens is 1. The number of aryl methyl sites for hydroxylation is 1. The van der Waals surface area contributed by atoms with Gasteiger partial charge in [0.2, 0.25) is 0 Å². The van der Waals surface area contributed by atoms with Gasteiger partial charge in [0.25, 0.3) is 0 Å². The van der Waals surface area contributed by atoms with Gasteiger partial charge in [0.15, 0.2) is 5.13 Å². The predicted molar refractivity (Wildman–Crippen MR) is 96.7 cm³/mol. The monoisotopic (exact) mass is 385 g/mol. The van der Waals surface area contributed by atoms with E-state index in [0.29, 0.717) is 5.02 Å². The van der Waals surface area contributed by atoms with Crippen LogP contribution >= 0.6 is 34.3 Å². The highest BCUT2D eigenvalue weighted by Gasteiger charge is 2.12. The average molecular weight is 386 g/mol. The number of aldehydes is 1. The summed E-state index contributed by atoms with van der Waals surface area (Å²) in [6.45, 7) is 2.20. The minimum absolute atomic E-state index is 0.00543. The van der Waals surface area contributed by atoms with Gasteiger partial charge in [-0.1, -0.05) is 11.6 Å². The molecular weight excluding hydrogens is 370 g/mol. The summed E-state index contributed by atoms with van der Waals surface area (Å²) in [5.74, 6) is 0. The maximum absolute atomic E-state index is 9.88. The third-order valence-electron chi connectivity index (χ3n) is 2.79. The summed E-state index contributed by atoms with van der Waals surface area (Å²) in [5, 5.41) is 19.9. The number of nitrogens with one attached hydrogen (secondary N) is 1. The van der Waals surface area contributed by atoms with Crippen LogP contribution in [0.15, 0.2) is 17.8 Å². The lowest BCUT2D eigenvalue weighted by Gasteiger charge is -1.91. The molecule has 0 aromatic carbocycles. The van der Waals surface area contributed by atoms with Crippen molar-refractivity contribution in [2.75, 3.05) is 12.4 Å². The lowest BCUT2D eigenvalue weighted by Crippen LogP contribution is -1.97. The van der Waals surface area contributed by atoms with Gasteiger partial charge in [-0.25, -0.2) is 9.97 Å². The predicted octanol–water partition coefficient (Wildman–Crippen LogP) is 2.84. The minimum atomic E-state index is -0.00543. The van der Waals surface area contributed by atoms with Gasteiger partial charge < -0.3 is 15.2 Å². The first-order valence-electron chi connectivity index (χ1n) is 6.89. The number of aliphatic hydroxyl groups is 1. The molecule has 10 heteroatoms. The van der Waals surface area contributed by atoms with Crippen molar-refractivity contribution in [3.8, 4) is 10.6 Å². The van der Waals surface area contributed by atoms with Crippen LogP contribution in [0.1, 0.15) is 10.7 Å². The van der Waals surface area contributed by atoms with Crippen LogP contribution in [0.3, 0.4) is 0 Å². The fourth-order valence-electron chi connectivity index (χ4n) is 1.76. The van der Waals surface area contributed by atoms with Gasteiger partial charge in [-0.2, -0.15) is 5.10 Å². The van der Waals surface area contributed by atoms with E-state index in [4.69, 9.17) is 16.7 Å². The number of aliphatic hydroxyl groups excluding tert-OH is 1. The molecule has 3 rings (SSSR count). The first-order chi connectivity index (χ1) is 11.6. The van der Waals surface area contributed by atoms with Gasteiger partial charge in [-0.3, -0.25) is 4.68 Å². The second kappa shape index (κ2) is 8.88. The van der Waals surface area contributed by atoms with E-state index in [2.05, 4.69) is 20.4 Å². The topological polar surface area (TPSA) is 92.9 Å². The Hall–Kier alpha value is -1.81. The number of thiazole rings is 2. The number of nitrogens with zero attached hydrogens (tertiary/aromatic N) is 4. The van der Waals surface area contributed by atoms with E-state index in [0.717, 1.165) is 32.7 Å². The van der Waals surface area contributed by atoms with Crippen molar-refractivity contribution in [3.05, 3.63) is 33.5 Å². The van der Waals surface area contributed by atoms with Gasteiger partial charge in [-0.05, 0) is 6.92 Å². The summed E-state index contributed by atoms with van der Waals surface area (Å²) in [5.41, 5.74) is 1.86. The van der Waals surface area contributed by atoms with Gasteiger partial charge in [-0.15, -0.1) is 22.7 Å². The molecule has 3 aromatic rings. The molecule has 0 fully saturated rings. The molecule has 0 saturated carbocycles. The summed E-state index contributed by atoms with van der Waals surface area (Å²) in [4.78, 5) is 19.6.